The van der Waals surface area contributed by atoms with Gasteiger partial charge in [0.2, 0.25) is 10.0 Å². The molecule has 166 valence electrons. The van der Waals surface area contributed by atoms with E-state index in [0.29, 0.717) is 11.3 Å². The van der Waals surface area contributed by atoms with Crippen molar-refractivity contribution >= 4 is 33.3 Å². The summed E-state index contributed by atoms with van der Waals surface area (Å²) >= 11 is 0. The Kier molecular flexibility index (Phi) is 6.97. The number of carbonyl (C=O) groups is 2. The maximum Gasteiger partial charge on any atom is 0.337 e. The molecule has 2 aromatic rings. The van der Waals surface area contributed by atoms with Crippen molar-refractivity contribution in [3.63, 3.8) is 0 Å². The van der Waals surface area contributed by atoms with Crippen molar-refractivity contribution in [1.82, 2.24) is 4.72 Å². The van der Waals surface area contributed by atoms with Gasteiger partial charge in [-0.25, -0.2) is 17.9 Å². The van der Waals surface area contributed by atoms with Gasteiger partial charge in [0.15, 0.2) is 0 Å². The summed E-state index contributed by atoms with van der Waals surface area (Å²) in [6.07, 6.45) is 2.10. The monoisotopic (exact) mass is 445 g/mol. The van der Waals surface area contributed by atoms with Crippen LogP contribution in [-0.4, -0.2) is 46.5 Å². The van der Waals surface area contributed by atoms with E-state index in [1.807, 2.05) is 0 Å². The lowest BCUT2D eigenvalue weighted by Gasteiger charge is -2.22. The van der Waals surface area contributed by atoms with E-state index in [2.05, 4.69) is 14.9 Å². The van der Waals surface area contributed by atoms with Gasteiger partial charge >= 0.3 is 5.97 Å². The van der Waals surface area contributed by atoms with Crippen LogP contribution < -0.4 is 14.9 Å². The summed E-state index contributed by atoms with van der Waals surface area (Å²) in [6, 6.07) is 10.6. The summed E-state index contributed by atoms with van der Waals surface area (Å²) in [5.74, 6) is -0.972. The number of anilines is 2. The van der Waals surface area contributed by atoms with Crippen LogP contribution >= 0.6 is 0 Å². The zero-order chi connectivity index (χ0) is 22.6. The van der Waals surface area contributed by atoms with E-state index in [-0.39, 0.29) is 16.5 Å². The van der Waals surface area contributed by atoms with E-state index >= 15 is 0 Å². The molecule has 0 saturated carbocycles. The van der Waals surface area contributed by atoms with Gasteiger partial charge in [-0.1, -0.05) is 6.07 Å². The van der Waals surface area contributed by atoms with E-state index in [1.165, 1.54) is 25.3 Å². The second kappa shape index (κ2) is 9.49. The summed E-state index contributed by atoms with van der Waals surface area (Å²) in [5, 5.41) is 2.84. The molecule has 0 radical (unpaired) electrons. The molecule has 1 fully saturated rings. The van der Waals surface area contributed by atoms with Crippen LogP contribution in [0.3, 0.4) is 0 Å². The molecule has 0 bridgehead atoms. The van der Waals surface area contributed by atoms with Crippen LogP contribution in [0, 0.1) is 0 Å². The highest BCUT2D eigenvalue weighted by Crippen LogP contribution is 2.31. The number of rotatable bonds is 7. The van der Waals surface area contributed by atoms with Gasteiger partial charge in [0.1, 0.15) is 0 Å². The van der Waals surface area contributed by atoms with E-state index in [9.17, 15) is 18.0 Å². The Bertz CT molecular complexity index is 1080. The first-order chi connectivity index (χ1) is 14.7. The highest BCUT2D eigenvalue weighted by atomic mass is 32.2. The van der Waals surface area contributed by atoms with Crippen LogP contribution in [0.4, 0.5) is 11.4 Å². The fraction of sp³-hybridized carbons (Fsp3) is 0.364. The third-order valence-corrected chi connectivity index (χ3v) is 6.57. The first kappa shape index (κ1) is 22.8. The number of nitrogens with zero attached hydrogens (tertiary/aromatic N) is 1. The lowest BCUT2D eigenvalue weighted by Crippen LogP contribution is -2.30. The summed E-state index contributed by atoms with van der Waals surface area (Å²) in [4.78, 5) is 27.1. The molecule has 9 heteroatoms. The topological polar surface area (TPSA) is 105 Å². The average Bonchev–Trinajstić information content (AvgIpc) is 3.27. The average molecular weight is 446 g/mol. The number of carbonyl (C=O) groups excluding carboxylic acids is 2. The van der Waals surface area contributed by atoms with Crippen LogP contribution in [-0.2, 0) is 14.8 Å². The van der Waals surface area contributed by atoms with Crippen molar-refractivity contribution in [2.45, 2.75) is 37.6 Å². The quantitative estimate of drug-likeness (QED) is 0.635. The van der Waals surface area contributed by atoms with Crippen molar-refractivity contribution in [1.29, 1.82) is 0 Å². The predicted octanol–water partition coefficient (Wildman–Crippen LogP) is 3.01. The number of nitrogens with one attached hydrogen (secondary N) is 2. The van der Waals surface area contributed by atoms with Crippen molar-refractivity contribution in [3.8, 4) is 0 Å². The molecular formula is C22H27N3O5S. The van der Waals surface area contributed by atoms with E-state index in [1.54, 1.807) is 38.1 Å². The second-order valence-electron chi connectivity index (χ2n) is 7.68. The van der Waals surface area contributed by atoms with Crippen LogP contribution in [0.15, 0.2) is 47.4 Å². The van der Waals surface area contributed by atoms with E-state index in [4.69, 9.17) is 4.74 Å². The number of methoxy groups -OCH3 is 1. The van der Waals surface area contributed by atoms with Crippen molar-refractivity contribution < 1.29 is 22.7 Å². The smallest absolute Gasteiger partial charge is 0.337 e. The molecule has 0 aromatic heterocycles. The number of sulfonamides is 1. The molecule has 0 aliphatic carbocycles. The third kappa shape index (κ3) is 5.42. The number of esters is 1. The highest BCUT2D eigenvalue weighted by molar-refractivity contribution is 7.89. The van der Waals surface area contributed by atoms with Gasteiger partial charge in [-0.15, -0.1) is 0 Å². The van der Waals surface area contributed by atoms with Gasteiger partial charge in [-0.3, -0.25) is 4.79 Å². The lowest BCUT2D eigenvalue weighted by atomic mass is 10.1. The first-order valence-corrected chi connectivity index (χ1v) is 11.6. The minimum absolute atomic E-state index is 0.0110. The maximum absolute atomic E-state index is 13.0. The summed E-state index contributed by atoms with van der Waals surface area (Å²) in [7, 11) is -2.43. The van der Waals surface area contributed by atoms with Gasteiger partial charge in [0.25, 0.3) is 5.91 Å². The molecule has 8 nitrogen and oxygen atoms in total. The molecule has 1 aliphatic rings. The minimum Gasteiger partial charge on any atom is -0.465 e. The number of ether oxygens (including phenoxy) is 1. The lowest BCUT2D eigenvalue weighted by molar-refractivity contribution is 0.0600. The van der Waals surface area contributed by atoms with E-state index < -0.39 is 21.9 Å². The molecule has 2 aromatic carbocycles. The predicted molar refractivity (Wildman–Crippen MR) is 119 cm³/mol. The zero-order valence-electron chi connectivity index (χ0n) is 17.8. The third-order valence-electron chi connectivity index (χ3n) is 4.91. The van der Waals surface area contributed by atoms with E-state index in [0.717, 1.165) is 31.6 Å². The van der Waals surface area contributed by atoms with Gasteiger partial charge in [0.05, 0.1) is 28.9 Å². The number of hydrogen-bond donors (Lipinski definition) is 2. The molecular weight excluding hydrogens is 418 g/mol. The van der Waals surface area contributed by atoms with Crippen molar-refractivity contribution in [2.75, 3.05) is 30.4 Å². The summed E-state index contributed by atoms with van der Waals surface area (Å²) < 4.78 is 32.2. The molecule has 0 unspecified atom stereocenters. The Hall–Kier alpha value is -2.91. The molecule has 31 heavy (non-hydrogen) atoms. The van der Waals surface area contributed by atoms with Gasteiger partial charge in [0, 0.05) is 24.7 Å². The normalized spacial score (nSPS) is 14.0. The molecule has 1 aliphatic heterocycles. The summed E-state index contributed by atoms with van der Waals surface area (Å²) in [5.41, 5.74) is 1.80. The Balaban J connectivity index is 1.92. The number of benzene rings is 2. The maximum atomic E-state index is 13.0. The molecule has 0 atom stereocenters. The van der Waals surface area contributed by atoms with Crippen LogP contribution in [0.5, 0.6) is 0 Å². The molecule has 2 N–H and O–H groups in total. The molecule has 1 amide bonds. The second-order valence-corrected chi connectivity index (χ2v) is 9.39. The zero-order valence-corrected chi connectivity index (χ0v) is 18.7. The van der Waals surface area contributed by atoms with Crippen LogP contribution in [0.25, 0.3) is 0 Å². The molecule has 1 heterocycles. The fourth-order valence-electron chi connectivity index (χ4n) is 3.49. The molecule has 1 saturated heterocycles. The Labute approximate surface area is 182 Å². The molecule has 0 spiro atoms. The largest absolute Gasteiger partial charge is 0.465 e. The van der Waals surface area contributed by atoms with Gasteiger partial charge in [-0.05, 0) is 63.1 Å². The van der Waals surface area contributed by atoms with Gasteiger partial charge in [-0.2, -0.15) is 0 Å². The highest BCUT2D eigenvalue weighted by Gasteiger charge is 2.21. The number of hydrogen-bond acceptors (Lipinski definition) is 6. The van der Waals surface area contributed by atoms with Crippen LogP contribution in [0.2, 0.25) is 0 Å². The van der Waals surface area contributed by atoms with Crippen molar-refractivity contribution in [3.05, 3.63) is 53.6 Å². The van der Waals surface area contributed by atoms with Crippen LogP contribution in [0.1, 0.15) is 47.4 Å². The number of amides is 1. The standard InChI is InChI=1S/C22H27N3O5S/c1-15(2)24-31(28,29)18-8-6-7-16(13-18)21(26)23-19-14-17(22(27)30-3)9-10-20(19)25-11-4-5-12-25/h6-10,13-15,24H,4-5,11-12H2,1-3H3,(H,23,26). The van der Waals surface area contributed by atoms with Crippen molar-refractivity contribution in [2.24, 2.45) is 0 Å². The minimum atomic E-state index is -3.73. The molecule has 3 rings (SSSR count). The first-order valence-electron chi connectivity index (χ1n) is 10.1. The fourth-order valence-corrected chi connectivity index (χ4v) is 4.79. The Morgan fingerprint density at radius 2 is 1.74 bits per heavy atom. The summed E-state index contributed by atoms with van der Waals surface area (Å²) in [6.45, 7) is 5.16. The van der Waals surface area contributed by atoms with Gasteiger partial charge < -0.3 is 15.0 Å². The SMILES string of the molecule is COC(=O)c1ccc(N2CCCC2)c(NC(=O)c2cccc(S(=O)(=O)NC(C)C)c2)c1. The Morgan fingerprint density at radius 1 is 1.03 bits per heavy atom. The Morgan fingerprint density at radius 3 is 2.39 bits per heavy atom.